The van der Waals surface area contributed by atoms with Gasteiger partial charge >= 0.3 is 0 Å². The molecule has 0 unspecified atom stereocenters. The van der Waals surface area contributed by atoms with Crippen LogP contribution in [0.25, 0.3) is 0 Å². The summed E-state index contributed by atoms with van der Waals surface area (Å²) in [6.45, 7) is 10.4. The molecule has 0 aliphatic rings. The van der Waals surface area contributed by atoms with Crippen LogP contribution in [0.3, 0.4) is 0 Å². The molecule has 0 radical (unpaired) electrons. The second-order valence-electron chi connectivity index (χ2n) is 2.43. The number of nitrogens with zero attached hydrogens (tertiary/aromatic N) is 1. The fourth-order valence-electron chi connectivity index (χ4n) is 0.605. The molecule has 0 spiro atoms. The van der Waals surface area contributed by atoms with Crippen LogP contribution in [0.15, 0.2) is 12.2 Å². The van der Waals surface area contributed by atoms with Crippen LogP contribution in [0.5, 0.6) is 0 Å². The summed E-state index contributed by atoms with van der Waals surface area (Å²) in [4.78, 5) is 2.26. The summed E-state index contributed by atoms with van der Waals surface area (Å²) in [5.74, 6) is 0. The van der Waals surface area contributed by atoms with Crippen LogP contribution in [-0.2, 0) is 0 Å². The van der Waals surface area contributed by atoms with Crippen molar-refractivity contribution in [3.05, 3.63) is 12.2 Å². The minimum atomic E-state index is 1.05. The van der Waals surface area contributed by atoms with E-state index in [-0.39, 0.29) is 0 Å². The van der Waals surface area contributed by atoms with E-state index in [1.165, 1.54) is 5.57 Å². The van der Waals surface area contributed by atoms with Gasteiger partial charge in [-0.3, -0.25) is 0 Å². The Morgan fingerprint density at radius 1 is 1.44 bits per heavy atom. The standard InChI is InChI=1S/C8H17N/c1-5-8(3)7-9(4)6-2/h3,5-7H2,1-2,4H3. The molecular formula is C8H17N. The number of rotatable bonds is 4. The Kier molecular flexibility index (Phi) is 4.41. The van der Waals surface area contributed by atoms with E-state index in [9.17, 15) is 0 Å². The molecule has 0 N–H and O–H groups in total. The van der Waals surface area contributed by atoms with Gasteiger partial charge in [0.25, 0.3) is 0 Å². The summed E-state index contributed by atoms with van der Waals surface area (Å²) in [7, 11) is 2.11. The second-order valence-corrected chi connectivity index (χ2v) is 2.43. The zero-order valence-electron chi connectivity index (χ0n) is 6.78. The van der Waals surface area contributed by atoms with Crippen LogP contribution in [0.4, 0.5) is 0 Å². The predicted octanol–water partition coefficient (Wildman–Crippen LogP) is 1.90. The molecule has 0 rings (SSSR count). The Labute approximate surface area is 58.4 Å². The highest BCUT2D eigenvalue weighted by atomic mass is 15.1. The minimum Gasteiger partial charge on any atom is -0.303 e. The Morgan fingerprint density at radius 2 is 2.00 bits per heavy atom. The fraction of sp³-hybridized carbons (Fsp3) is 0.750. The molecule has 0 amide bonds. The van der Waals surface area contributed by atoms with Crippen LogP contribution in [-0.4, -0.2) is 25.0 Å². The van der Waals surface area contributed by atoms with E-state index in [4.69, 9.17) is 0 Å². The monoisotopic (exact) mass is 127 g/mol. The first kappa shape index (κ1) is 8.70. The lowest BCUT2D eigenvalue weighted by Crippen LogP contribution is -2.19. The Bertz CT molecular complexity index is 86.6. The van der Waals surface area contributed by atoms with Gasteiger partial charge in [0.05, 0.1) is 0 Å². The zero-order valence-corrected chi connectivity index (χ0v) is 6.78. The van der Waals surface area contributed by atoms with Crippen molar-refractivity contribution in [2.75, 3.05) is 20.1 Å². The van der Waals surface area contributed by atoms with Crippen LogP contribution in [0, 0.1) is 0 Å². The quantitative estimate of drug-likeness (QED) is 0.521. The van der Waals surface area contributed by atoms with Crippen molar-refractivity contribution in [3.8, 4) is 0 Å². The van der Waals surface area contributed by atoms with E-state index in [2.05, 4.69) is 32.4 Å². The van der Waals surface area contributed by atoms with Gasteiger partial charge in [0, 0.05) is 6.54 Å². The molecule has 0 aromatic heterocycles. The van der Waals surface area contributed by atoms with Gasteiger partial charge < -0.3 is 4.90 Å². The van der Waals surface area contributed by atoms with E-state index in [1.54, 1.807) is 0 Å². The molecule has 1 nitrogen and oxygen atoms in total. The number of hydrogen-bond acceptors (Lipinski definition) is 1. The van der Waals surface area contributed by atoms with Crippen molar-refractivity contribution in [3.63, 3.8) is 0 Å². The van der Waals surface area contributed by atoms with Crippen molar-refractivity contribution >= 4 is 0 Å². The number of likely N-dealkylation sites (N-methyl/N-ethyl adjacent to an activating group) is 1. The maximum absolute atomic E-state index is 3.92. The highest BCUT2D eigenvalue weighted by Crippen LogP contribution is 1.97. The lowest BCUT2D eigenvalue weighted by Gasteiger charge is -2.13. The zero-order chi connectivity index (χ0) is 7.28. The van der Waals surface area contributed by atoms with Gasteiger partial charge in [-0.15, -0.1) is 0 Å². The van der Waals surface area contributed by atoms with E-state index < -0.39 is 0 Å². The maximum Gasteiger partial charge on any atom is 0.0186 e. The van der Waals surface area contributed by atoms with Crippen molar-refractivity contribution in [1.29, 1.82) is 0 Å². The van der Waals surface area contributed by atoms with E-state index >= 15 is 0 Å². The highest BCUT2D eigenvalue weighted by molar-refractivity contribution is 4.94. The predicted molar refractivity (Wildman–Crippen MR) is 42.6 cm³/mol. The van der Waals surface area contributed by atoms with Gasteiger partial charge in [-0.25, -0.2) is 0 Å². The number of hydrogen-bond donors (Lipinski definition) is 0. The largest absolute Gasteiger partial charge is 0.303 e. The van der Waals surface area contributed by atoms with E-state index in [0.717, 1.165) is 19.5 Å². The third kappa shape index (κ3) is 4.22. The lowest BCUT2D eigenvalue weighted by molar-refractivity contribution is 0.380. The third-order valence-corrected chi connectivity index (χ3v) is 1.53. The molecule has 0 bridgehead atoms. The summed E-state index contributed by atoms with van der Waals surface area (Å²) in [6, 6.07) is 0. The molecule has 0 aromatic rings. The third-order valence-electron chi connectivity index (χ3n) is 1.53. The van der Waals surface area contributed by atoms with Crippen molar-refractivity contribution in [2.45, 2.75) is 20.3 Å². The van der Waals surface area contributed by atoms with Gasteiger partial charge in [-0.1, -0.05) is 26.0 Å². The molecule has 9 heavy (non-hydrogen) atoms. The van der Waals surface area contributed by atoms with Crippen molar-refractivity contribution in [1.82, 2.24) is 4.90 Å². The van der Waals surface area contributed by atoms with Crippen LogP contribution in [0.1, 0.15) is 20.3 Å². The molecule has 0 fully saturated rings. The molecule has 0 atom stereocenters. The average Bonchev–Trinajstić information content (AvgIpc) is 1.87. The normalized spacial score (nSPS) is 10.2. The molecule has 54 valence electrons. The molecule has 0 heterocycles. The summed E-state index contributed by atoms with van der Waals surface area (Å²) >= 11 is 0. The summed E-state index contributed by atoms with van der Waals surface area (Å²) < 4.78 is 0. The smallest absolute Gasteiger partial charge is 0.0186 e. The fourth-order valence-corrected chi connectivity index (χ4v) is 0.605. The first-order valence-corrected chi connectivity index (χ1v) is 3.55. The van der Waals surface area contributed by atoms with Gasteiger partial charge in [0.1, 0.15) is 0 Å². The molecule has 0 aliphatic heterocycles. The van der Waals surface area contributed by atoms with Crippen LogP contribution >= 0.6 is 0 Å². The minimum absolute atomic E-state index is 1.05. The Balaban J connectivity index is 3.34. The second kappa shape index (κ2) is 4.57. The highest BCUT2D eigenvalue weighted by Gasteiger charge is 1.94. The SMILES string of the molecule is C=C(CC)CN(C)CC. The molecular weight excluding hydrogens is 110 g/mol. The first-order chi connectivity index (χ1) is 4.20. The molecule has 0 saturated heterocycles. The summed E-state index contributed by atoms with van der Waals surface area (Å²) in [6.07, 6.45) is 1.10. The van der Waals surface area contributed by atoms with Gasteiger partial charge in [-0.2, -0.15) is 0 Å². The van der Waals surface area contributed by atoms with E-state index in [0.29, 0.717) is 0 Å². The van der Waals surface area contributed by atoms with Crippen LogP contribution < -0.4 is 0 Å². The van der Waals surface area contributed by atoms with Crippen molar-refractivity contribution < 1.29 is 0 Å². The molecule has 0 saturated carbocycles. The van der Waals surface area contributed by atoms with Gasteiger partial charge in [0.2, 0.25) is 0 Å². The summed E-state index contributed by atoms with van der Waals surface area (Å²) in [5.41, 5.74) is 1.32. The van der Waals surface area contributed by atoms with Crippen molar-refractivity contribution in [2.24, 2.45) is 0 Å². The van der Waals surface area contributed by atoms with Crippen LogP contribution in [0.2, 0.25) is 0 Å². The maximum atomic E-state index is 3.92. The summed E-state index contributed by atoms with van der Waals surface area (Å²) in [5, 5.41) is 0. The Morgan fingerprint density at radius 3 is 2.33 bits per heavy atom. The Hall–Kier alpha value is -0.300. The van der Waals surface area contributed by atoms with E-state index in [1.807, 2.05) is 0 Å². The molecule has 1 heteroatoms. The topological polar surface area (TPSA) is 3.24 Å². The molecule has 0 aromatic carbocycles. The van der Waals surface area contributed by atoms with Gasteiger partial charge in [0.15, 0.2) is 0 Å². The average molecular weight is 127 g/mol. The first-order valence-electron chi connectivity index (χ1n) is 3.55. The molecule has 0 aliphatic carbocycles. The van der Waals surface area contributed by atoms with Gasteiger partial charge in [-0.05, 0) is 20.0 Å². The lowest BCUT2D eigenvalue weighted by atomic mass is 10.2.